The van der Waals surface area contributed by atoms with Gasteiger partial charge in [-0.1, -0.05) is 34.8 Å². The highest BCUT2D eigenvalue weighted by atomic mass is 79.9. The van der Waals surface area contributed by atoms with Crippen LogP contribution in [0.2, 0.25) is 15.1 Å². The number of hydrogen-bond acceptors (Lipinski definition) is 1. The number of rotatable bonds is 3. The summed E-state index contributed by atoms with van der Waals surface area (Å²) < 4.78 is 13.8. The van der Waals surface area contributed by atoms with Crippen LogP contribution in [0, 0.1) is 12.7 Å². The van der Waals surface area contributed by atoms with Crippen LogP contribution in [0.25, 0.3) is 0 Å². The van der Waals surface area contributed by atoms with E-state index in [0.717, 1.165) is 11.3 Å². The first-order valence-corrected chi connectivity index (χ1v) is 7.64. The lowest BCUT2D eigenvalue weighted by atomic mass is 10.1. The second-order valence-corrected chi connectivity index (χ2v) is 6.30. The summed E-state index contributed by atoms with van der Waals surface area (Å²) in [6.07, 6.45) is 0. The van der Waals surface area contributed by atoms with Gasteiger partial charge in [-0.2, -0.15) is 0 Å². The van der Waals surface area contributed by atoms with E-state index in [-0.39, 0.29) is 5.82 Å². The van der Waals surface area contributed by atoms with Crippen molar-refractivity contribution >= 4 is 56.4 Å². The van der Waals surface area contributed by atoms with E-state index in [4.69, 9.17) is 34.8 Å². The van der Waals surface area contributed by atoms with E-state index in [0.29, 0.717) is 31.6 Å². The Hall–Kier alpha value is -0.480. The SMILES string of the molecule is Cc1cc(F)c(Br)cc1NCc1c(Cl)ccc(Cl)c1Cl. The molecule has 0 bridgehead atoms. The number of halogens is 5. The lowest BCUT2D eigenvalue weighted by Crippen LogP contribution is -2.03. The summed E-state index contributed by atoms with van der Waals surface area (Å²) in [5.41, 5.74) is 2.30. The molecule has 0 atom stereocenters. The van der Waals surface area contributed by atoms with Crippen molar-refractivity contribution in [3.63, 3.8) is 0 Å². The molecule has 0 aliphatic rings. The maximum atomic E-state index is 13.4. The Morgan fingerprint density at radius 1 is 1.15 bits per heavy atom. The van der Waals surface area contributed by atoms with E-state index in [2.05, 4.69) is 21.2 Å². The van der Waals surface area contributed by atoms with Gasteiger partial charge in [-0.15, -0.1) is 0 Å². The molecule has 0 saturated heterocycles. The minimum atomic E-state index is -0.299. The van der Waals surface area contributed by atoms with E-state index in [1.165, 1.54) is 6.07 Å². The quantitative estimate of drug-likeness (QED) is 0.585. The second-order valence-electron chi connectivity index (χ2n) is 4.26. The first-order valence-electron chi connectivity index (χ1n) is 5.72. The molecule has 0 saturated carbocycles. The first-order chi connectivity index (χ1) is 9.40. The molecular weight excluding hydrogens is 387 g/mol. The minimum Gasteiger partial charge on any atom is -0.381 e. The van der Waals surface area contributed by atoms with E-state index in [1.807, 2.05) is 6.92 Å². The summed E-state index contributed by atoms with van der Waals surface area (Å²) in [7, 11) is 0. The van der Waals surface area contributed by atoms with E-state index in [9.17, 15) is 4.39 Å². The third kappa shape index (κ3) is 3.40. The molecule has 0 amide bonds. The van der Waals surface area contributed by atoms with Gasteiger partial charge >= 0.3 is 0 Å². The fourth-order valence-electron chi connectivity index (χ4n) is 1.75. The molecule has 106 valence electrons. The maximum Gasteiger partial charge on any atom is 0.137 e. The molecule has 0 heterocycles. The lowest BCUT2D eigenvalue weighted by Gasteiger charge is -2.13. The third-order valence-corrected chi connectivity index (χ3v) is 4.67. The number of nitrogens with one attached hydrogen (secondary N) is 1. The average Bonchev–Trinajstić information content (AvgIpc) is 2.40. The van der Waals surface area contributed by atoms with Crippen LogP contribution in [0.4, 0.5) is 10.1 Å². The van der Waals surface area contributed by atoms with Crippen molar-refractivity contribution in [2.75, 3.05) is 5.32 Å². The Kier molecular flexibility index (Phi) is 5.19. The highest BCUT2D eigenvalue weighted by molar-refractivity contribution is 9.10. The number of hydrogen-bond donors (Lipinski definition) is 1. The van der Waals surface area contributed by atoms with Crippen LogP contribution in [-0.2, 0) is 6.54 Å². The number of benzene rings is 2. The zero-order valence-corrected chi connectivity index (χ0v) is 14.3. The van der Waals surface area contributed by atoms with Gasteiger partial charge in [-0.25, -0.2) is 4.39 Å². The molecule has 0 aliphatic carbocycles. The molecule has 20 heavy (non-hydrogen) atoms. The van der Waals surface area contributed by atoms with Crippen LogP contribution in [0.5, 0.6) is 0 Å². The van der Waals surface area contributed by atoms with Gasteiger partial charge in [-0.3, -0.25) is 0 Å². The number of aryl methyl sites for hydroxylation is 1. The van der Waals surface area contributed by atoms with Crippen molar-refractivity contribution in [1.82, 2.24) is 0 Å². The van der Waals surface area contributed by atoms with Gasteiger partial charge in [0, 0.05) is 22.8 Å². The van der Waals surface area contributed by atoms with Crippen molar-refractivity contribution < 1.29 is 4.39 Å². The van der Waals surface area contributed by atoms with Gasteiger partial charge in [-0.05, 0) is 52.7 Å². The fourth-order valence-corrected chi connectivity index (χ4v) is 2.78. The van der Waals surface area contributed by atoms with Crippen molar-refractivity contribution in [2.24, 2.45) is 0 Å². The number of anilines is 1. The van der Waals surface area contributed by atoms with Crippen LogP contribution in [0.15, 0.2) is 28.7 Å². The lowest BCUT2D eigenvalue weighted by molar-refractivity contribution is 0.620. The Bertz CT molecular complexity index is 661. The molecule has 0 unspecified atom stereocenters. The Balaban J connectivity index is 2.26. The largest absolute Gasteiger partial charge is 0.381 e. The molecule has 0 aliphatic heterocycles. The smallest absolute Gasteiger partial charge is 0.137 e. The van der Waals surface area contributed by atoms with E-state index < -0.39 is 0 Å². The van der Waals surface area contributed by atoms with Gasteiger partial charge in [0.25, 0.3) is 0 Å². The summed E-state index contributed by atoms with van der Waals surface area (Å²) >= 11 is 21.4. The van der Waals surface area contributed by atoms with Crippen molar-refractivity contribution in [3.05, 3.63) is 60.8 Å². The average molecular weight is 398 g/mol. The summed E-state index contributed by atoms with van der Waals surface area (Å²) in [6.45, 7) is 2.22. The van der Waals surface area contributed by atoms with Crippen molar-refractivity contribution in [3.8, 4) is 0 Å². The van der Waals surface area contributed by atoms with Crippen molar-refractivity contribution in [2.45, 2.75) is 13.5 Å². The molecule has 1 N–H and O–H groups in total. The zero-order valence-electron chi connectivity index (χ0n) is 10.4. The van der Waals surface area contributed by atoms with Crippen LogP contribution in [0.1, 0.15) is 11.1 Å². The van der Waals surface area contributed by atoms with Crippen LogP contribution in [0.3, 0.4) is 0 Å². The van der Waals surface area contributed by atoms with E-state index in [1.54, 1.807) is 18.2 Å². The fraction of sp³-hybridized carbons (Fsp3) is 0.143. The normalized spacial score (nSPS) is 10.7. The van der Waals surface area contributed by atoms with Crippen LogP contribution in [-0.4, -0.2) is 0 Å². The summed E-state index contributed by atoms with van der Waals surface area (Å²) in [5, 5.41) is 4.59. The predicted molar refractivity (Wildman–Crippen MR) is 87.6 cm³/mol. The molecule has 0 spiro atoms. The zero-order chi connectivity index (χ0) is 14.9. The first kappa shape index (κ1) is 15.9. The topological polar surface area (TPSA) is 12.0 Å². The molecule has 2 aromatic carbocycles. The van der Waals surface area contributed by atoms with Gasteiger partial charge in [0.15, 0.2) is 0 Å². The summed E-state index contributed by atoms with van der Waals surface area (Å²) in [5.74, 6) is -0.299. The monoisotopic (exact) mass is 395 g/mol. The standard InChI is InChI=1S/C14H10BrCl3FN/c1-7-4-12(19)9(15)5-13(7)20-6-8-10(16)2-3-11(17)14(8)18/h2-5,20H,6H2,1H3. The van der Waals surface area contributed by atoms with E-state index >= 15 is 0 Å². The van der Waals surface area contributed by atoms with Gasteiger partial charge in [0.05, 0.1) is 14.5 Å². The molecule has 0 fully saturated rings. The Morgan fingerprint density at radius 3 is 2.50 bits per heavy atom. The van der Waals surface area contributed by atoms with Crippen LogP contribution >= 0.6 is 50.7 Å². The highest BCUT2D eigenvalue weighted by Gasteiger charge is 2.11. The van der Waals surface area contributed by atoms with Crippen LogP contribution < -0.4 is 5.32 Å². The summed E-state index contributed by atoms with van der Waals surface area (Å²) in [4.78, 5) is 0. The van der Waals surface area contributed by atoms with Gasteiger partial charge < -0.3 is 5.32 Å². The second kappa shape index (κ2) is 6.52. The molecule has 6 heteroatoms. The summed E-state index contributed by atoms with van der Waals surface area (Å²) in [6, 6.07) is 6.47. The van der Waals surface area contributed by atoms with Crippen molar-refractivity contribution in [1.29, 1.82) is 0 Å². The minimum absolute atomic E-state index is 0.299. The Morgan fingerprint density at radius 2 is 1.80 bits per heavy atom. The van der Waals surface area contributed by atoms with Gasteiger partial charge in [0.1, 0.15) is 5.82 Å². The molecule has 0 aromatic heterocycles. The molecule has 2 rings (SSSR count). The Labute approximate surface area is 140 Å². The molecular formula is C14H10BrCl3FN. The molecule has 1 nitrogen and oxygen atoms in total. The highest BCUT2D eigenvalue weighted by Crippen LogP contribution is 2.32. The maximum absolute atomic E-state index is 13.4. The third-order valence-electron chi connectivity index (χ3n) is 2.86. The van der Waals surface area contributed by atoms with Gasteiger partial charge in [0.2, 0.25) is 0 Å². The predicted octanol–water partition coefficient (Wildman–Crippen LogP) is 6.47. The molecule has 0 radical (unpaired) electrons. The molecule has 2 aromatic rings.